The Balaban J connectivity index is 1.60. The summed E-state index contributed by atoms with van der Waals surface area (Å²) in [7, 11) is 0. The van der Waals surface area contributed by atoms with Gasteiger partial charge in [0.2, 0.25) is 0 Å². The van der Waals surface area contributed by atoms with Crippen LogP contribution in [0.1, 0.15) is 22.4 Å². The molecule has 0 radical (unpaired) electrons. The standard InChI is InChI=1S/C15H21NOS2/c1-11-10-18-15-14(11)12(2)13(19-15)4-3-5-16-6-8-17-9-7-16/h10H,3-9H2,1-2H3. The summed E-state index contributed by atoms with van der Waals surface area (Å²) in [4.78, 5) is 4.12. The lowest BCUT2D eigenvalue weighted by Gasteiger charge is -2.26. The van der Waals surface area contributed by atoms with Crippen molar-refractivity contribution >= 4 is 32.1 Å². The summed E-state index contributed by atoms with van der Waals surface area (Å²) in [6.45, 7) is 9.78. The molecule has 1 aliphatic heterocycles. The number of aryl methyl sites for hydroxylation is 3. The molecule has 3 heterocycles. The number of fused-ring (bicyclic) bond motifs is 1. The zero-order chi connectivity index (χ0) is 13.2. The predicted octanol–water partition coefficient (Wildman–Crippen LogP) is 3.84. The van der Waals surface area contributed by atoms with Gasteiger partial charge >= 0.3 is 0 Å². The molecule has 0 aromatic carbocycles. The normalized spacial score (nSPS) is 17.4. The molecule has 1 fully saturated rings. The van der Waals surface area contributed by atoms with E-state index in [0.717, 1.165) is 26.3 Å². The first-order valence-corrected chi connectivity index (χ1v) is 8.71. The van der Waals surface area contributed by atoms with Crippen LogP contribution in [0.5, 0.6) is 0 Å². The number of thiophene rings is 2. The zero-order valence-corrected chi connectivity index (χ0v) is 13.3. The van der Waals surface area contributed by atoms with Crippen LogP contribution in [0.4, 0.5) is 0 Å². The molecule has 0 atom stereocenters. The molecular weight excluding hydrogens is 274 g/mol. The third-order valence-corrected chi connectivity index (χ3v) is 6.51. The Kier molecular flexibility index (Phi) is 4.22. The van der Waals surface area contributed by atoms with E-state index in [9.17, 15) is 0 Å². The summed E-state index contributed by atoms with van der Waals surface area (Å²) < 4.78 is 6.90. The molecule has 4 heteroatoms. The Hall–Kier alpha value is -0.420. The third kappa shape index (κ3) is 2.87. The minimum absolute atomic E-state index is 0.910. The third-order valence-electron chi connectivity index (χ3n) is 3.93. The number of nitrogens with zero attached hydrogens (tertiary/aromatic N) is 1. The number of ether oxygens (including phenoxy) is 1. The van der Waals surface area contributed by atoms with E-state index in [1.54, 1.807) is 4.88 Å². The van der Waals surface area contributed by atoms with Crippen molar-refractivity contribution in [3.63, 3.8) is 0 Å². The Morgan fingerprint density at radius 1 is 1.26 bits per heavy atom. The van der Waals surface area contributed by atoms with Crippen LogP contribution in [-0.2, 0) is 11.2 Å². The van der Waals surface area contributed by atoms with Crippen LogP contribution in [0.2, 0.25) is 0 Å². The average molecular weight is 295 g/mol. The predicted molar refractivity (Wildman–Crippen MR) is 84.8 cm³/mol. The fourth-order valence-corrected chi connectivity index (χ4v) is 5.41. The highest BCUT2D eigenvalue weighted by Gasteiger charge is 2.13. The van der Waals surface area contributed by atoms with Crippen molar-refractivity contribution in [1.29, 1.82) is 0 Å². The first-order valence-electron chi connectivity index (χ1n) is 7.02. The van der Waals surface area contributed by atoms with Gasteiger partial charge in [-0.1, -0.05) is 0 Å². The summed E-state index contributed by atoms with van der Waals surface area (Å²) in [5, 5.41) is 3.81. The van der Waals surface area contributed by atoms with E-state index in [0.29, 0.717) is 0 Å². The van der Waals surface area contributed by atoms with Gasteiger partial charge in [-0.05, 0) is 49.7 Å². The van der Waals surface area contributed by atoms with Gasteiger partial charge in [0.05, 0.1) is 17.2 Å². The van der Waals surface area contributed by atoms with Crippen molar-refractivity contribution in [2.75, 3.05) is 32.8 Å². The summed E-state index contributed by atoms with van der Waals surface area (Å²) in [6, 6.07) is 0. The molecule has 0 unspecified atom stereocenters. The van der Waals surface area contributed by atoms with Gasteiger partial charge in [-0.25, -0.2) is 0 Å². The second kappa shape index (κ2) is 5.92. The smallest absolute Gasteiger partial charge is 0.0873 e. The van der Waals surface area contributed by atoms with E-state index in [-0.39, 0.29) is 0 Å². The monoisotopic (exact) mass is 295 g/mol. The first-order chi connectivity index (χ1) is 9.25. The van der Waals surface area contributed by atoms with E-state index in [2.05, 4.69) is 24.1 Å². The number of rotatable bonds is 4. The van der Waals surface area contributed by atoms with E-state index in [1.807, 2.05) is 22.7 Å². The summed E-state index contributed by atoms with van der Waals surface area (Å²) in [6.07, 6.45) is 2.50. The van der Waals surface area contributed by atoms with Crippen LogP contribution in [-0.4, -0.2) is 37.7 Å². The minimum atomic E-state index is 0.910. The Labute approximate surface area is 123 Å². The van der Waals surface area contributed by atoms with Crippen LogP contribution in [0.3, 0.4) is 0 Å². The molecule has 2 aromatic heterocycles. The fraction of sp³-hybridized carbons (Fsp3) is 0.600. The van der Waals surface area contributed by atoms with Crippen molar-refractivity contribution in [1.82, 2.24) is 4.90 Å². The van der Waals surface area contributed by atoms with Crippen LogP contribution in [0, 0.1) is 13.8 Å². The van der Waals surface area contributed by atoms with Crippen LogP contribution in [0.25, 0.3) is 9.40 Å². The molecule has 0 bridgehead atoms. The van der Waals surface area contributed by atoms with Gasteiger partial charge in [-0.15, -0.1) is 22.7 Å². The van der Waals surface area contributed by atoms with Crippen LogP contribution in [0.15, 0.2) is 5.38 Å². The largest absolute Gasteiger partial charge is 0.379 e. The molecule has 1 saturated heterocycles. The Morgan fingerprint density at radius 2 is 2.05 bits per heavy atom. The highest BCUT2D eigenvalue weighted by Crippen LogP contribution is 2.38. The quantitative estimate of drug-likeness (QED) is 0.849. The summed E-state index contributed by atoms with van der Waals surface area (Å²) in [5.41, 5.74) is 2.98. The molecule has 2 nitrogen and oxygen atoms in total. The van der Waals surface area contributed by atoms with E-state index in [4.69, 9.17) is 4.74 Å². The number of hydrogen-bond donors (Lipinski definition) is 0. The van der Waals surface area contributed by atoms with Crippen molar-refractivity contribution < 1.29 is 4.74 Å². The Bertz CT molecular complexity index is 552. The topological polar surface area (TPSA) is 12.5 Å². The van der Waals surface area contributed by atoms with Crippen LogP contribution >= 0.6 is 22.7 Å². The van der Waals surface area contributed by atoms with Gasteiger partial charge in [0, 0.05) is 23.4 Å². The highest BCUT2D eigenvalue weighted by molar-refractivity contribution is 7.37. The highest BCUT2D eigenvalue weighted by atomic mass is 32.2. The zero-order valence-electron chi connectivity index (χ0n) is 11.7. The summed E-state index contributed by atoms with van der Waals surface area (Å²) in [5.74, 6) is 0. The lowest BCUT2D eigenvalue weighted by atomic mass is 10.1. The lowest BCUT2D eigenvalue weighted by Crippen LogP contribution is -2.36. The lowest BCUT2D eigenvalue weighted by molar-refractivity contribution is 0.0375. The molecule has 0 amide bonds. The van der Waals surface area contributed by atoms with Gasteiger partial charge in [-0.3, -0.25) is 4.90 Å². The molecule has 3 rings (SSSR count). The fourth-order valence-electron chi connectivity index (χ4n) is 2.80. The van der Waals surface area contributed by atoms with Gasteiger partial charge in [0.25, 0.3) is 0 Å². The van der Waals surface area contributed by atoms with Crippen molar-refractivity contribution in [3.05, 3.63) is 21.4 Å². The van der Waals surface area contributed by atoms with Gasteiger partial charge in [-0.2, -0.15) is 0 Å². The second-order valence-electron chi connectivity index (χ2n) is 5.29. The molecule has 2 aromatic rings. The van der Waals surface area contributed by atoms with Gasteiger partial charge < -0.3 is 4.74 Å². The molecular formula is C15H21NOS2. The van der Waals surface area contributed by atoms with Crippen LogP contribution < -0.4 is 0 Å². The average Bonchev–Trinajstić information content (AvgIpc) is 2.93. The number of morpholine rings is 1. The molecule has 0 spiro atoms. The molecule has 1 aliphatic rings. The first kappa shape index (κ1) is 13.6. The van der Waals surface area contributed by atoms with E-state index in [1.165, 1.54) is 39.9 Å². The SMILES string of the molecule is Cc1csc2sc(CCCN3CCOCC3)c(C)c12. The van der Waals surface area contributed by atoms with Crippen molar-refractivity contribution in [3.8, 4) is 0 Å². The maximum atomic E-state index is 5.39. The molecule has 0 N–H and O–H groups in total. The Morgan fingerprint density at radius 3 is 2.79 bits per heavy atom. The maximum absolute atomic E-state index is 5.39. The summed E-state index contributed by atoms with van der Waals surface area (Å²) >= 11 is 3.91. The van der Waals surface area contributed by atoms with Crippen molar-refractivity contribution in [2.24, 2.45) is 0 Å². The molecule has 104 valence electrons. The molecule has 19 heavy (non-hydrogen) atoms. The molecule has 0 saturated carbocycles. The number of hydrogen-bond acceptors (Lipinski definition) is 4. The van der Waals surface area contributed by atoms with E-state index >= 15 is 0 Å². The molecule has 0 aliphatic carbocycles. The van der Waals surface area contributed by atoms with E-state index < -0.39 is 0 Å². The van der Waals surface area contributed by atoms with Gasteiger partial charge in [0.1, 0.15) is 0 Å². The maximum Gasteiger partial charge on any atom is 0.0873 e. The van der Waals surface area contributed by atoms with Gasteiger partial charge in [0.15, 0.2) is 0 Å². The van der Waals surface area contributed by atoms with Crippen molar-refractivity contribution in [2.45, 2.75) is 26.7 Å². The minimum Gasteiger partial charge on any atom is -0.379 e. The second-order valence-corrected chi connectivity index (χ2v) is 7.53.